The van der Waals surface area contributed by atoms with E-state index in [1.54, 1.807) is 0 Å². The van der Waals surface area contributed by atoms with E-state index in [4.69, 9.17) is 38.8 Å². The molecule has 0 bridgehead atoms. The van der Waals surface area contributed by atoms with E-state index < -0.39 is 23.6 Å². The molecule has 0 aliphatic heterocycles. The van der Waals surface area contributed by atoms with Crippen LogP contribution in [-0.2, 0) is 6.18 Å². The maximum Gasteiger partial charge on any atom is 0.417 e. The second-order valence-corrected chi connectivity index (χ2v) is 8.65. The van der Waals surface area contributed by atoms with Crippen molar-refractivity contribution < 1.29 is 27.4 Å². The number of aromatic nitrogens is 4. The van der Waals surface area contributed by atoms with E-state index in [9.17, 15) is 17.6 Å². The first kappa shape index (κ1) is 23.6. The predicted molar refractivity (Wildman–Crippen MR) is 115 cm³/mol. The standard InChI is InChI=1S/C19H13Cl2F4N5O2S/c20-11-3-15(32-7-9(26)6-31)13(22)2-10(11)17-28-29-18(33-17)14-5-30-4-8(19(23,24)25)1-12(21)16(30)27-14/h1-5,9,31H,6-7,26H2/t9-/m0/s1. The van der Waals surface area contributed by atoms with E-state index in [2.05, 4.69) is 15.2 Å². The summed E-state index contributed by atoms with van der Waals surface area (Å²) in [7, 11) is 0. The van der Waals surface area contributed by atoms with Gasteiger partial charge in [-0.05, 0) is 12.1 Å². The van der Waals surface area contributed by atoms with Crippen LogP contribution in [0.2, 0.25) is 10.0 Å². The zero-order valence-electron chi connectivity index (χ0n) is 16.3. The van der Waals surface area contributed by atoms with Gasteiger partial charge in [-0.3, -0.25) is 0 Å². The summed E-state index contributed by atoms with van der Waals surface area (Å²) in [6.07, 6.45) is -2.37. The van der Waals surface area contributed by atoms with E-state index in [1.807, 2.05) is 0 Å². The number of aliphatic hydroxyl groups excluding tert-OH is 1. The monoisotopic (exact) mass is 521 g/mol. The van der Waals surface area contributed by atoms with Gasteiger partial charge in [-0.1, -0.05) is 34.5 Å². The van der Waals surface area contributed by atoms with Crippen molar-refractivity contribution in [3.63, 3.8) is 0 Å². The summed E-state index contributed by atoms with van der Waals surface area (Å²) in [6.45, 7) is -0.439. The molecular formula is C19H13Cl2F4N5O2S. The SMILES string of the molecule is N[C@@H](CO)COc1cc(Cl)c(-c2nnc(-c3cn4cc(C(F)(F)F)cc(Cl)c4n3)s2)cc1F. The topological polar surface area (TPSA) is 98.6 Å². The Bertz CT molecular complexity index is 1330. The summed E-state index contributed by atoms with van der Waals surface area (Å²) in [5.41, 5.74) is 5.19. The van der Waals surface area contributed by atoms with Gasteiger partial charge < -0.3 is 20.0 Å². The number of nitrogens with zero attached hydrogens (tertiary/aromatic N) is 4. The third-order valence-corrected chi connectivity index (χ3v) is 5.99. The largest absolute Gasteiger partial charge is 0.489 e. The lowest BCUT2D eigenvalue weighted by atomic mass is 10.2. The highest BCUT2D eigenvalue weighted by Crippen LogP contribution is 2.38. The number of fused-ring (bicyclic) bond motifs is 1. The van der Waals surface area contributed by atoms with Crippen molar-refractivity contribution in [3.8, 4) is 27.0 Å². The highest BCUT2D eigenvalue weighted by Gasteiger charge is 2.32. The van der Waals surface area contributed by atoms with Crippen molar-refractivity contribution in [2.24, 2.45) is 5.73 Å². The number of halogens is 6. The van der Waals surface area contributed by atoms with Crippen LogP contribution in [0, 0.1) is 5.82 Å². The third-order valence-electron chi connectivity index (χ3n) is 4.42. The lowest BCUT2D eigenvalue weighted by Gasteiger charge is -2.12. The molecule has 7 nitrogen and oxygen atoms in total. The number of benzene rings is 1. The van der Waals surface area contributed by atoms with Crippen molar-refractivity contribution in [3.05, 3.63) is 52.0 Å². The molecule has 33 heavy (non-hydrogen) atoms. The van der Waals surface area contributed by atoms with Crippen LogP contribution in [-0.4, -0.2) is 43.9 Å². The van der Waals surface area contributed by atoms with Crippen LogP contribution < -0.4 is 10.5 Å². The lowest BCUT2D eigenvalue weighted by Crippen LogP contribution is -2.31. The Hall–Kier alpha value is -2.51. The quantitative estimate of drug-likeness (QED) is 0.357. The Morgan fingerprint density at radius 3 is 2.55 bits per heavy atom. The maximum absolute atomic E-state index is 14.5. The summed E-state index contributed by atoms with van der Waals surface area (Å²) >= 11 is 13.2. The third kappa shape index (κ3) is 4.89. The highest BCUT2D eigenvalue weighted by molar-refractivity contribution is 7.18. The minimum absolute atomic E-state index is 0.113. The zero-order valence-corrected chi connectivity index (χ0v) is 18.6. The minimum atomic E-state index is -4.57. The van der Waals surface area contributed by atoms with Crippen LogP contribution >= 0.6 is 34.5 Å². The number of hydrogen-bond acceptors (Lipinski definition) is 7. The molecule has 0 radical (unpaired) electrons. The number of hydrogen-bond donors (Lipinski definition) is 2. The fourth-order valence-electron chi connectivity index (χ4n) is 2.80. The first-order chi connectivity index (χ1) is 15.6. The molecule has 1 aromatic carbocycles. The Morgan fingerprint density at radius 1 is 1.12 bits per heavy atom. The Labute approximate surface area is 197 Å². The molecule has 0 aliphatic carbocycles. The van der Waals surface area contributed by atoms with Gasteiger partial charge in [0.1, 0.15) is 17.3 Å². The fourth-order valence-corrected chi connectivity index (χ4v) is 4.19. The van der Waals surface area contributed by atoms with Crippen LogP contribution in [0.25, 0.3) is 26.9 Å². The summed E-state index contributed by atoms with van der Waals surface area (Å²) < 4.78 is 60.0. The number of nitrogens with two attached hydrogens (primary N) is 1. The van der Waals surface area contributed by atoms with Crippen molar-refractivity contribution in [2.75, 3.05) is 13.2 Å². The molecule has 0 unspecified atom stereocenters. The van der Waals surface area contributed by atoms with Crippen LogP contribution in [0.4, 0.5) is 17.6 Å². The molecule has 4 aromatic rings. The fraction of sp³-hybridized carbons (Fsp3) is 0.211. The van der Waals surface area contributed by atoms with Crippen LogP contribution in [0.3, 0.4) is 0 Å². The van der Waals surface area contributed by atoms with Crippen molar-refractivity contribution >= 4 is 40.2 Å². The van der Waals surface area contributed by atoms with Gasteiger partial charge in [-0.2, -0.15) is 13.2 Å². The molecule has 3 aromatic heterocycles. The van der Waals surface area contributed by atoms with Gasteiger partial charge in [0, 0.05) is 24.0 Å². The summed E-state index contributed by atoms with van der Waals surface area (Å²) in [5, 5.41) is 17.4. The Morgan fingerprint density at radius 2 is 1.85 bits per heavy atom. The van der Waals surface area contributed by atoms with Gasteiger partial charge in [-0.15, -0.1) is 10.2 Å². The Kier molecular flexibility index (Phi) is 6.47. The van der Waals surface area contributed by atoms with E-state index in [0.29, 0.717) is 0 Å². The molecule has 14 heteroatoms. The van der Waals surface area contributed by atoms with Gasteiger partial charge in [0.15, 0.2) is 22.2 Å². The first-order valence-electron chi connectivity index (χ1n) is 9.14. The molecule has 174 valence electrons. The average molecular weight is 522 g/mol. The van der Waals surface area contributed by atoms with Gasteiger partial charge in [0.25, 0.3) is 0 Å². The molecule has 0 spiro atoms. The maximum atomic E-state index is 14.5. The van der Waals surface area contributed by atoms with Gasteiger partial charge in [0.05, 0.1) is 28.3 Å². The molecular weight excluding hydrogens is 509 g/mol. The number of ether oxygens (including phenoxy) is 1. The van der Waals surface area contributed by atoms with Crippen molar-refractivity contribution in [2.45, 2.75) is 12.2 Å². The van der Waals surface area contributed by atoms with Crippen LogP contribution in [0.15, 0.2) is 30.6 Å². The van der Waals surface area contributed by atoms with E-state index in [0.717, 1.165) is 34.1 Å². The normalized spacial score (nSPS) is 13.0. The molecule has 3 heterocycles. The lowest BCUT2D eigenvalue weighted by molar-refractivity contribution is -0.137. The van der Waals surface area contributed by atoms with Gasteiger partial charge in [-0.25, -0.2) is 9.37 Å². The molecule has 0 aliphatic rings. The number of aliphatic hydroxyl groups is 1. The molecule has 1 atom stereocenters. The molecule has 3 N–H and O–H groups in total. The Balaban J connectivity index is 1.65. The van der Waals surface area contributed by atoms with Gasteiger partial charge >= 0.3 is 6.18 Å². The first-order valence-corrected chi connectivity index (χ1v) is 10.7. The summed E-state index contributed by atoms with van der Waals surface area (Å²) in [5.74, 6) is -0.872. The zero-order chi connectivity index (χ0) is 23.9. The number of pyridine rings is 1. The van der Waals surface area contributed by atoms with Crippen molar-refractivity contribution in [1.29, 1.82) is 0 Å². The van der Waals surface area contributed by atoms with Gasteiger partial charge in [0.2, 0.25) is 0 Å². The van der Waals surface area contributed by atoms with E-state index in [-0.39, 0.29) is 55.9 Å². The average Bonchev–Trinajstić information content (AvgIpc) is 3.40. The summed E-state index contributed by atoms with van der Waals surface area (Å²) in [6, 6.07) is 2.47. The summed E-state index contributed by atoms with van der Waals surface area (Å²) in [4.78, 5) is 4.23. The second-order valence-electron chi connectivity index (χ2n) is 6.86. The predicted octanol–water partition coefficient (Wildman–Crippen LogP) is 4.68. The molecule has 0 fully saturated rings. The van der Waals surface area contributed by atoms with Crippen molar-refractivity contribution in [1.82, 2.24) is 19.6 Å². The highest BCUT2D eigenvalue weighted by atomic mass is 35.5. The molecule has 0 saturated carbocycles. The van der Waals surface area contributed by atoms with Crippen LogP contribution in [0.1, 0.15) is 5.56 Å². The number of rotatable bonds is 6. The molecule has 0 saturated heterocycles. The van der Waals surface area contributed by atoms with E-state index in [1.165, 1.54) is 12.3 Å². The molecule has 4 rings (SSSR count). The minimum Gasteiger partial charge on any atom is -0.489 e. The smallest absolute Gasteiger partial charge is 0.417 e. The van der Waals surface area contributed by atoms with E-state index >= 15 is 0 Å². The second kappa shape index (κ2) is 9.03. The molecule has 0 amide bonds. The van der Waals surface area contributed by atoms with Crippen LogP contribution in [0.5, 0.6) is 5.75 Å². The number of alkyl halides is 3. The number of imidazole rings is 1.